The molecular weight excluding hydrogens is 270 g/mol. The Morgan fingerprint density at radius 3 is 2.67 bits per heavy atom. The zero-order valence-electron chi connectivity index (χ0n) is 12.2. The van der Waals surface area contributed by atoms with Crippen molar-refractivity contribution in [3.63, 3.8) is 0 Å². The summed E-state index contributed by atoms with van der Waals surface area (Å²) in [5, 5.41) is 11.8. The Kier molecular flexibility index (Phi) is 4.96. The lowest BCUT2D eigenvalue weighted by Gasteiger charge is -2.26. The number of carbonyl (C=O) groups excluding carboxylic acids is 1. The first-order valence-electron chi connectivity index (χ1n) is 7.23. The van der Waals surface area contributed by atoms with Crippen LogP contribution in [0.5, 0.6) is 0 Å². The van der Waals surface area contributed by atoms with Crippen molar-refractivity contribution in [3.05, 3.63) is 35.9 Å². The molecule has 0 spiro atoms. The van der Waals surface area contributed by atoms with Gasteiger partial charge in [-0.3, -0.25) is 9.59 Å². The normalized spacial score (nSPS) is 22.7. The van der Waals surface area contributed by atoms with Gasteiger partial charge in [0, 0.05) is 13.0 Å². The Bertz CT molecular complexity index is 494. The summed E-state index contributed by atoms with van der Waals surface area (Å²) in [5.41, 5.74) is 0.115. The number of hydrogen-bond donors (Lipinski definition) is 2. The van der Waals surface area contributed by atoms with Crippen molar-refractivity contribution in [3.8, 4) is 0 Å². The lowest BCUT2D eigenvalue weighted by Crippen LogP contribution is -2.45. The van der Waals surface area contributed by atoms with Gasteiger partial charge in [0.2, 0.25) is 0 Å². The predicted molar refractivity (Wildman–Crippen MR) is 77.8 cm³/mol. The highest BCUT2D eigenvalue weighted by atomic mass is 16.5. The van der Waals surface area contributed by atoms with Gasteiger partial charge in [-0.2, -0.15) is 0 Å². The van der Waals surface area contributed by atoms with Crippen LogP contribution in [0.3, 0.4) is 0 Å². The van der Waals surface area contributed by atoms with E-state index in [1.807, 2.05) is 30.3 Å². The van der Waals surface area contributed by atoms with E-state index in [0.29, 0.717) is 19.4 Å². The van der Waals surface area contributed by atoms with Crippen molar-refractivity contribution in [1.29, 1.82) is 0 Å². The number of aliphatic carboxylic acids is 1. The Morgan fingerprint density at radius 2 is 2.10 bits per heavy atom. The van der Waals surface area contributed by atoms with Gasteiger partial charge in [-0.1, -0.05) is 30.3 Å². The molecule has 0 bridgehead atoms. The summed E-state index contributed by atoms with van der Waals surface area (Å²) in [6, 6.07) is 9.12. The summed E-state index contributed by atoms with van der Waals surface area (Å²) in [4.78, 5) is 23.2. The van der Waals surface area contributed by atoms with Crippen molar-refractivity contribution in [2.45, 2.75) is 44.2 Å². The van der Waals surface area contributed by atoms with Crippen LogP contribution in [0.15, 0.2) is 30.3 Å². The summed E-state index contributed by atoms with van der Waals surface area (Å²) < 4.78 is 5.54. The van der Waals surface area contributed by atoms with Crippen molar-refractivity contribution in [1.82, 2.24) is 5.32 Å². The molecule has 1 amide bonds. The highest BCUT2D eigenvalue weighted by Crippen LogP contribution is 2.27. The molecule has 1 heterocycles. The smallest absolute Gasteiger partial charge is 0.303 e. The second kappa shape index (κ2) is 6.72. The van der Waals surface area contributed by atoms with Gasteiger partial charge in [-0.15, -0.1) is 0 Å². The molecule has 0 radical (unpaired) electrons. The SMILES string of the molecule is CC1(C(=O)NC(CCC(=O)O)c2ccccc2)CCCO1. The molecule has 2 unspecified atom stereocenters. The number of hydrogen-bond acceptors (Lipinski definition) is 3. The molecule has 5 nitrogen and oxygen atoms in total. The highest BCUT2D eigenvalue weighted by Gasteiger charge is 2.38. The van der Waals surface area contributed by atoms with E-state index in [2.05, 4.69) is 5.32 Å². The lowest BCUT2D eigenvalue weighted by atomic mass is 9.98. The van der Waals surface area contributed by atoms with E-state index < -0.39 is 11.6 Å². The number of benzene rings is 1. The molecule has 2 rings (SSSR count). The number of amides is 1. The molecule has 1 fully saturated rings. The van der Waals surface area contributed by atoms with Gasteiger partial charge < -0.3 is 15.2 Å². The maximum Gasteiger partial charge on any atom is 0.303 e. The Morgan fingerprint density at radius 1 is 1.38 bits per heavy atom. The average Bonchev–Trinajstić information content (AvgIpc) is 2.92. The van der Waals surface area contributed by atoms with E-state index in [9.17, 15) is 9.59 Å². The van der Waals surface area contributed by atoms with Gasteiger partial charge in [0.05, 0.1) is 6.04 Å². The second-order valence-corrected chi connectivity index (χ2v) is 5.55. The minimum absolute atomic E-state index is 0.0113. The standard InChI is InChI=1S/C16H21NO4/c1-16(10-5-11-21-16)15(20)17-13(8-9-14(18)19)12-6-3-2-4-7-12/h2-4,6-7,13H,5,8-11H2,1H3,(H,17,20)(H,18,19). The quantitative estimate of drug-likeness (QED) is 0.843. The molecule has 1 saturated heterocycles. The molecule has 0 aromatic heterocycles. The van der Waals surface area contributed by atoms with E-state index in [-0.39, 0.29) is 18.4 Å². The summed E-state index contributed by atoms with van der Waals surface area (Å²) in [6.45, 7) is 2.38. The molecule has 5 heteroatoms. The van der Waals surface area contributed by atoms with Crippen LogP contribution in [-0.2, 0) is 14.3 Å². The van der Waals surface area contributed by atoms with Crippen molar-refractivity contribution in [2.24, 2.45) is 0 Å². The first kappa shape index (κ1) is 15.5. The van der Waals surface area contributed by atoms with Gasteiger partial charge in [0.25, 0.3) is 5.91 Å². The Labute approximate surface area is 124 Å². The van der Waals surface area contributed by atoms with Gasteiger partial charge in [-0.05, 0) is 31.7 Å². The number of rotatable bonds is 6. The molecule has 2 N–H and O–H groups in total. The molecule has 1 aliphatic rings. The van der Waals surface area contributed by atoms with Crippen LogP contribution in [-0.4, -0.2) is 29.2 Å². The molecular formula is C16H21NO4. The minimum atomic E-state index is -0.867. The zero-order chi connectivity index (χ0) is 15.3. The van der Waals surface area contributed by atoms with Crippen LogP contribution in [0, 0.1) is 0 Å². The Hall–Kier alpha value is -1.88. The molecule has 1 aliphatic heterocycles. The third-order valence-electron chi connectivity index (χ3n) is 3.85. The van der Waals surface area contributed by atoms with Crippen molar-refractivity contribution < 1.29 is 19.4 Å². The fraction of sp³-hybridized carbons (Fsp3) is 0.500. The summed E-state index contributed by atoms with van der Waals surface area (Å²) in [6.07, 6.45) is 1.94. The van der Waals surface area contributed by atoms with Crippen LogP contribution in [0.25, 0.3) is 0 Å². The molecule has 21 heavy (non-hydrogen) atoms. The summed E-state index contributed by atoms with van der Waals surface area (Å²) in [5.74, 6) is -1.03. The van der Waals surface area contributed by atoms with Gasteiger partial charge >= 0.3 is 5.97 Å². The third-order valence-corrected chi connectivity index (χ3v) is 3.85. The fourth-order valence-electron chi connectivity index (χ4n) is 2.54. The van der Waals surface area contributed by atoms with Crippen molar-refractivity contribution >= 4 is 11.9 Å². The van der Waals surface area contributed by atoms with E-state index in [1.165, 1.54) is 0 Å². The van der Waals surface area contributed by atoms with Crippen LogP contribution >= 0.6 is 0 Å². The second-order valence-electron chi connectivity index (χ2n) is 5.55. The molecule has 2 atom stereocenters. The maximum absolute atomic E-state index is 12.4. The van der Waals surface area contributed by atoms with E-state index >= 15 is 0 Å². The third kappa shape index (κ3) is 4.04. The molecule has 0 aliphatic carbocycles. The van der Waals surface area contributed by atoms with Gasteiger partial charge in [0.1, 0.15) is 5.60 Å². The average molecular weight is 291 g/mol. The first-order valence-corrected chi connectivity index (χ1v) is 7.23. The fourth-order valence-corrected chi connectivity index (χ4v) is 2.54. The van der Waals surface area contributed by atoms with Crippen molar-refractivity contribution in [2.75, 3.05) is 6.61 Å². The maximum atomic E-state index is 12.4. The number of ether oxygens (including phenoxy) is 1. The molecule has 1 aromatic rings. The summed E-state index contributed by atoms with van der Waals surface area (Å²) in [7, 11) is 0. The zero-order valence-corrected chi connectivity index (χ0v) is 12.2. The Balaban J connectivity index is 2.08. The molecule has 114 valence electrons. The number of carbonyl (C=O) groups is 2. The predicted octanol–water partition coefficient (Wildman–Crippen LogP) is 2.28. The first-order chi connectivity index (χ1) is 10.0. The molecule has 0 saturated carbocycles. The minimum Gasteiger partial charge on any atom is -0.481 e. The van der Waals surface area contributed by atoms with Crippen LogP contribution < -0.4 is 5.32 Å². The largest absolute Gasteiger partial charge is 0.481 e. The van der Waals surface area contributed by atoms with Crippen LogP contribution in [0.4, 0.5) is 0 Å². The van der Waals surface area contributed by atoms with Crippen LogP contribution in [0.1, 0.15) is 44.2 Å². The topological polar surface area (TPSA) is 75.6 Å². The van der Waals surface area contributed by atoms with E-state index in [1.54, 1.807) is 6.92 Å². The summed E-state index contributed by atoms with van der Waals surface area (Å²) >= 11 is 0. The number of nitrogens with one attached hydrogen (secondary N) is 1. The van der Waals surface area contributed by atoms with E-state index in [0.717, 1.165) is 12.0 Å². The van der Waals surface area contributed by atoms with Gasteiger partial charge in [-0.25, -0.2) is 0 Å². The number of carboxylic acid groups (broad SMARTS) is 1. The molecule has 1 aromatic carbocycles. The lowest BCUT2D eigenvalue weighted by molar-refractivity contribution is -0.141. The van der Waals surface area contributed by atoms with E-state index in [4.69, 9.17) is 9.84 Å². The van der Waals surface area contributed by atoms with Crippen LogP contribution in [0.2, 0.25) is 0 Å². The highest BCUT2D eigenvalue weighted by molar-refractivity contribution is 5.85. The van der Waals surface area contributed by atoms with Gasteiger partial charge in [0.15, 0.2) is 0 Å². The number of carboxylic acids is 1. The monoisotopic (exact) mass is 291 g/mol.